The molecule has 0 saturated carbocycles. The number of hydrogen-bond donors (Lipinski definition) is 0. The maximum Gasteiger partial charge on any atom is 0.258 e. The summed E-state index contributed by atoms with van der Waals surface area (Å²) < 4.78 is 0. The molecule has 1 fully saturated rings. The monoisotopic (exact) mass is 362 g/mol. The standard InChI is InChI=1S/C23H26N2O2/c1-2-17-9-11-18(12-10-17)23(27)25-16-19(20-6-3-4-7-21(20)25)13-15-24-14-5-8-22(24)26/h3-4,6-7,9-12,19H,2,5,8,13-16H2,1H3. The van der Waals surface area contributed by atoms with Gasteiger partial charge in [0.25, 0.3) is 5.91 Å². The van der Waals surface area contributed by atoms with E-state index >= 15 is 0 Å². The molecule has 2 aliphatic rings. The molecule has 0 bridgehead atoms. The highest BCUT2D eigenvalue weighted by Crippen LogP contribution is 2.39. The second kappa shape index (κ2) is 7.55. The number of likely N-dealkylation sites (tertiary alicyclic amines) is 1. The number of benzene rings is 2. The zero-order valence-electron chi connectivity index (χ0n) is 15.9. The lowest BCUT2D eigenvalue weighted by Crippen LogP contribution is -2.31. The van der Waals surface area contributed by atoms with E-state index in [-0.39, 0.29) is 17.7 Å². The molecule has 2 aliphatic heterocycles. The van der Waals surface area contributed by atoms with Crippen LogP contribution in [0.3, 0.4) is 0 Å². The summed E-state index contributed by atoms with van der Waals surface area (Å²) in [6, 6.07) is 16.1. The van der Waals surface area contributed by atoms with Gasteiger partial charge in [0.1, 0.15) is 0 Å². The fourth-order valence-electron chi connectivity index (χ4n) is 4.23. The van der Waals surface area contributed by atoms with Crippen LogP contribution in [0.4, 0.5) is 5.69 Å². The molecule has 0 spiro atoms. The van der Waals surface area contributed by atoms with Gasteiger partial charge in [0.05, 0.1) is 0 Å². The fraction of sp³-hybridized carbons (Fsp3) is 0.391. The number of aryl methyl sites for hydroxylation is 1. The molecule has 140 valence electrons. The molecule has 27 heavy (non-hydrogen) atoms. The van der Waals surface area contributed by atoms with Crippen LogP contribution < -0.4 is 4.90 Å². The van der Waals surface area contributed by atoms with Crippen molar-refractivity contribution in [3.63, 3.8) is 0 Å². The van der Waals surface area contributed by atoms with Crippen molar-refractivity contribution in [3.05, 3.63) is 65.2 Å². The molecular weight excluding hydrogens is 336 g/mol. The maximum absolute atomic E-state index is 13.1. The topological polar surface area (TPSA) is 40.6 Å². The average molecular weight is 362 g/mol. The second-order valence-corrected chi connectivity index (χ2v) is 7.49. The molecule has 0 aliphatic carbocycles. The van der Waals surface area contributed by atoms with E-state index in [1.807, 2.05) is 52.3 Å². The van der Waals surface area contributed by atoms with Crippen LogP contribution in [0, 0.1) is 0 Å². The van der Waals surface area contributed by atoms with Crippen molar-refractivity contribution in [2.45, 2.75) is 38.5 Å². The molecule has 4 nitrogen and oxygen atoms in total. The summed E-state index contributed by atoms with van der Waals surface area (Å²) in [5.41, 5.74) is 4.21. The molecule has 2 amide bonds. The number of fused-ring (bicyclic) bond motifs is 1. The third-order valence-electron chi connectivity index (χ3n) is 5.84. The van der Waals surface area contributed by atoms with Gasteiger partial charge in [0, 0.05) is 43.2 Å². The first-order chi connectivity index (χ1) is 13.2. The molecule has 2 aromatic carbocycles. The lowest BCUT2D eigenvalue weighted by Gasteiger charge is -2.20. The minimum absolute atomic E-state index is 0.0600. The van der Waals surface area contributed by atoms with Crippen molar-refractivity contribution in [3.8, 4) is 0 Å². The van der Waals surface area contributed by atoms with Gasteiger partial charge in [-0.1, -0.05) is 37.3 Å². The van der Waals surface area contributed by atoms with E-state index < -0.39 is 0 Å². The van der Waals surface area contributed by atoms with Crippen LogP contribution >= 0.6 is 0 Å². The number of nitrogens with zero attached hydrogens (tertiary/aromatic N) is 2. The third kappa shape index (κ3) is 3.48. The first-order valence-electron chi connectivity index (χ1n) is 9.95. The Morgan fingerprint density at radius 2 is 1.89 bits per heavy atom. The van der Waals surface area contributed by atoms with E-state index in [9.17, 15) is 9.59 Å². The van der Waals surface area contributed by atoms with Crippen LogP contribution in [-0.2, 0) is 11.2 Å². The Morgan fingerprint density at radius 3 is 2.59 bits per heavy atom. The summed E-state index contributed by atoms with van der Waals surface area (Å²) in [6.07, 6.45) is 3.53. The molecule has 2 heterocycles. The van der Waals surface area contributed by atoms with E-state index in [2.05, 4.69) is 13.0 Å². The summed E-state index contributed by atoms with van der Waals surface area (Å²) in [5, 5.41) is 0. The van der Waals surface area contributed by atoms with Gasteiger partial charge in [-0.3, -0.25) is 9.59 Å². The molecule has 4 heteroatoms. The van der Waals surface area contributed by atoms with Crippen LogP contribution in [0.2, 0.25) is 0 Å². The van der Waals surface area contributed by atoms with Crippen LogP contribution in [-0.4, -0.2) is 36.3 Å². The number of carbonyl (C=O) groups is 2. The van der Waals surface area contributed by atoms with E-state index in [0.29, 0.717) is 13.0 Å². The quantitative estimate of drug-likeness (QED) is 0.806. The van der Waals surface area contributed by atoms with Gasteiger partial charge in [0.2, 0.25) is 5.91 Å². The summed E-state index contributed by atoms with van der Waals surface area (Å²) in [5.74, 6) is 0.614. The third-order valence-corrected chi connectivity index (χ3v) is 5.84. The van der Waals surface area contributed by atoms with Crippen molar-refractivity contribution in [2.75, 3.05) is 24.5 Å². The minimum atomic E-state index is 0.0600. The number of carbonyl (C=O) groups excluding carboxylic acids is 2. The maximum atomic E-state index is 13.1. The summed E-state index contributed by atoms with van der Waals surface area (Å²) in [7, 11) is 0. The lowest BCUT2D eigenvalue weighted by atomic mass is 9.98. The zero-order chi connectivity index (χ0) is 18.8. The molecule has 1 unspecified atom stereocenters. The second-order valence-electron chi connectivity index (χ2n) is 7.49. The predicted octanol–water partition coefficient (Wildman–Crippen LogP) is 4.01. The van der Waals surface area contributed by atoms with E-state index in [0.717, 1.165) is 43.6 Å². The minimum Gasteiger partial charge on any atom is -0.343 e. The smallest absolute Gasteiger partial charge is 0.258 e. The van der Waals surface area contributed by atoms with Crippen LogP contribution in [0.25, 0.3) is 0 Å². The molecule has 0 N–H and O–H groups in total. The Kier molecular flexibility index (Phi) is 4.97. The molecule has 2 aromatic rings. The number of rotatable bonds is 5. The highest BCUT2D eigenvalue weighted by molar-refractivity contribution is 6.07. The largest absolute Gasteiger partial charge is 0.343 e. The lowest BCUT2D eigenvalue weighted by molar-refractivity contribution is -0.127. The van der Waals surface area contributed by atoms with Gasteiger partial charge in [-0.15, -0.1) is 0 Å². The van der Waals surface area contributed by atoms with Gasteiger partial charge in [-0.25, -0.2) is 0 Å². The Balaban J connectivity index is 1.52. The first-order valence-corrected chi connectivity index (χ1v) is 9.95. The Bertz CT molecular complexity index is 844. The summed E-state index contributed by atoms with van der Waals surface area (Å²) in [4.78, 5) is 28.9. The van der Waals surface area contributed by atoms with Crippen molar-refractivity contribution in [1.29, 1.82) is 0 Å². The van der Waals surface area contributed by atoms with Gasteiger partial charge >= 0.3 is 0 Å². The molecule has 0 radical (unpaired) electrons. The fourth-order valence-corrected chi connectivity index (χ4v) is 4.23. The van der Waals surface area contributed by atoms with E-state index in [4.69, 9.17) is 0 Å². The summed E-state index contributed by atoms with van der Waals surface area (Å²) in [6.45, 7) is 4.46. The number of anilines is 1. The highest BCUT2D eigenvalue weighted by atomic mass is 16.2. The van der Waals surface area contributed by atoms with Crippen molar-refractivity contribution in [2.24, 2.45) is 0 Å². The van der Waals surface area contributed by atoms with Gasteiger partial charge in [-0.2, -0.15) is 0 Å². The predicted molar refractivity (Wildman–Crippen MR) is 107 cm³/mol. The van der Waals surface area contributed by atoms with Gasteiger partial charge in [0.15, 0.2) is 0 Å². The Morgan fingerprint density at radius 1 is 1.11 bits per heavy atom. The molecule has 1 atom stereocenters. The highest BCUT2D eigenvalue weighted by Gasteiger charge is 2.33. The molecule has 0 aromatic heterocycles. The average Bonchev–Trinajstić information content (AvgIpc) is 3.29. The van der Waals surface area contributed by atoms with Crippen LogP contribution in [0.15, 0.2) is 48.5 Å². The summed E-state index contributed by atoms with van der Waals surface area (Å²) >= 11 is 0. The van der Waals surface area contributed by atoms with Crippen molar-refractivity contribution < 1.29 is 9.59 Å². The SMILES string of the molecule is CCc1ccc(C(=O)N2CC(CCN3CCCC3=O)c3ccccc32)cc1. The van der Waals surface area contributed by atoms with Crippen molar-refractivity contribution >= 4 is 17.5 Å². The van der Waals surface area contributed by atoms with Crippen molar-refractivity contribution in [1.82, 2.24) is 4.90 Å². The molecule has 4 rings (SSSR count). The van der Waals surface area contributed by atoms with Gasteiger partial charge < -0.3 is 9.80 Å². The molecular formula is C23H26N2O2. The zero-order valence-corrected chi connectivity index (χ0v) is 15.9. The number of amides is 2. The molecule has 1 saturated heterocycles. The van der Waals surface area contributed by atoms with E-state index in [1.54, 1.807) is 0 Å². The van der Waals surface area contributed by atoms with Crippen LogP contribution in [0.1, 0.15) is 53.6 Å². The normalized spacial score (nSPS) is 18.9. The first kappa shape index (κ1) is 17.8. The number of para-hydroxylation sites is 1. The number of hydrogen-bond acceptors (Lipinski definition) is 2. The van der Waals surface area contributed by atoms with E-state index in [1.165, 1.54) is 11.1 Å². The van der Waals surface area contributed by atoms with Crippen LogP contribution in [0.5, 0.6) is 0 Å². The van der Waals surface area contributed by atoms with Gasteiger partial charge in [-0.05, 0) is 48.6 Å². The Hall–Kier alpha value is -2.62. The Labute approximate surface area is 160 Å².